The largest absolute Gasteiger partial charge is 0.290 e. The summed E-state index contributed by atoms with van der Waals surface area (Å²) in [5, 5.41) is 2.64. The summed E-state index contributed by atoms with van der Waals surface area (Å²) in [5.74, 6) is -0.0744. The third-order valence-electron chi connectivity index (χ3n) is 3.77. The van der Waals surface area contributed by atoms with Crippen molar-refractivity contribution < 1.29 is 4.79 Å². The van der Waals surface area contributed by atoms with Crippen molar-refractivity contribution in [3.05, 3.63) is 82.7 Å². The van der Waals surface area contributed by atoms with Gasteiger partial charge in [-0.25, -0.2) is 4.98 Å². The molecule has 0 fully saturated rings. The van der Waals surface area contributed by atoms with Gasteiger partial charge in [0.05, 0.1) is 11.4 Å². The minimum atomic E-state index is -0.0744. The number of thiazole rings is 1. The predicted octanol–water partition coefficient (Wildman–Crippen LogP) is 5.01. The number of aromatic nitrogens is 3. The maximum absolute atomic E-state index is 12.3. The van der Waals surface area contributed by atoms with Gasteiger partial charge in [-0.1, -0.05) is 23.7 Å². The lowest BCUT2D eigenvalue weighted by Crippen LogP contribution is -1.94. The molecular formula is C19H12ClN3OS. The van der Waals surface area contributed by atoms with Gasteiger partial charge in [0.2, 0.25) is 0 Å². The van der Waals surface area contributed by atoms with Crippen LogP contribution in [0.3, 0.4) is 0 Å². The van der Waals surface area contributed by atoms with Crippen LogP contribution in [0.1, 0.15) is 16.1 Å². The second kappa shape index (κ2) is 6.63. The Morgan fingerprint density at radius 1 is 1.12 bits per heavy atom. The average molecular weight is 366 g/mol. The van der Waals surface area contributed by atoms with Crippen LogP contribution in [0.2, 0.25) is 5.02 Å². The molecule has 6 heteroatoms. The van der Waals surface area contributed by atoms with Crippen molar-refractivity contribution in [3.63, 3.8) is 0 Å². The first-order chi connectivity index (χ1) is 12.2. The molecule has 0 saturated carbocycles. The number of nitrogens with zero attached hydrogens (tertiary/aromatic N) is 3. The molecule has 0 N–H and O–H groups in total. The van der Waals surface area contributed by atoms with E-state index in [0.29, 0.717) is 10.6 Å². The highest BCUT2D eigenvalue weighted by Crippen LogP contribution is 2.28. The Morgan fingerprint density at radius 2 is 1.88 bits per heavy atom. The van der Waals surface area contributed by atoms with Gasteiger partial charge in [0, 0.05) is 40.1 Å². The number of fused-ring (bicyclic) bond motifs is 1. The lowest BCUT2D eigenvalue weighted by atomic mass is 10.1. The number of rotatable bonds is 4. The molecule has 0 spiro atoms. The van der Waals surface area contributed by atoms with Gasteiger partial charge in [-0.2, -0.15) is 0 Å². The molecule has 0 amide bonds. The summed E-state index contributed by atoms with van der Waals surface area (Å²) in [7, 11) is 0. The molecule has 0 aliphatic rings. The fraction of sp³-hybridized carbons (Fsp3) is 0. The first-order valence-electron chi connectivity index (χ1n) is 7.56. The van der Waals surface area contributed by atoms with E-state index in [1.165, 1.54) is 0 Å². The fourth-order valence-electron chi connectivity index (χ4n) is 2.55. The molecule has 4 rings (SSSR count). The monoisotopic (exact) mass is 365 g/mol. The number of benzene rings is 1. The zero-order chi connectivity index (χ0) is 17.2. The maximum Gasteiger partial charge on any atom is 0.194 e. The molecule has 1 aromatic carbocycles. The molecule has 4 aromatic rings. The summed E-state index contributed by atoms with van der Waals surface area (Å²) in [6.45, 7) is 0. The van der Waals surface area contributed by atoms with Gasteiger partial charge in [0.15, 0.2) is 10.7 Å². The van der Waals surface area contributed by atoms with Crippen LogP contribution in [-0.2, 0) is 0 Å². The number of carbonyl (C=O) groups excluding carboxylic acids is 1. The van der Waals surface area contributed by atoms with Gasteiger partial charge in [-0.15, -0.1) is 11.3 Å². The van der Waals surface area contributed by atoms with Gasteiger partial charge in [-0.05, 0) is 36.4 Å². The third kappa shape index (κ3) is 3.12. The van der Waals surface area contributed by atoms with Crippen LogP contribution >= 0.6 is 22.9 Å². The number of hydrogen-bond acceptors (Lipinski definition) is 4. The first kappa shape index (κ1) is 15.7. The van der Waals surface area contributed by atoms with E-state index in [-0.39, 0.29) is 5.78 Å². The summed E-state index contributed by atoms with van der Waals surface area (Å²) in [4.78, 5) is 21.8. The number of pyridine rings is 1. The number of allylic oxidation sites excluding steroid dienone is 1. The molecule has 0 radical (unpaired) electrons. The molecule has 4 nitrogen and oxygen atoms in total. The number of imidazole rings is 1. The summed E-state index contributed by atoms with van der Waals surface area (Å²) in [5.41, 5.74) is 3.24. The summed E-state index contributed by atoms with van der Waals surface area (Å²) < 4.78 is 1.98. The quantitative estimate of drug-likeness (QED) is 0.377. The topological polar surface area (TPSA) is 47.3 Å². The molecule has 0 bridgehead atoms. The van der Waals surface area contributed by atoms with E-state index in [4.69, 9.17) is 11.6 Å². The van der Waals surface area contributed by atoms with Crippen LogP contribution in [-0.4, -0.2) is 20.2 Å². The molecule has 0 atom stereocenters. The lowest BCUT2D eigenvalue weighted by molar-refractivity contribution is 0.104. The van der Waals surface area contributed by atoms with Crippen molar-refractivity contribution in [2.75, 3.05) is 0 Å². The van der Waals surface area contributed by atoms with Crippen molar-refractivity contribution >= 4 is 39.8 Å². The number of halogens is 1. The van der Waals surface area contributed by atoms with E-state index in [1.807, 2.05) is 40.2 Å². The maximum atomic E-state index is 12.3. The van der Waals surface area contributed by atoms with Crippen LogP contribution in [0.15, 0.2) is 66.4 Å². The van der Waals surface area contributed by atoms with Gasteiger partial charge in [-0.3, -0.25) is 14.2 Å². The molecule has 0 aliphatic heterocycles. The third-order valence-corrected chi connectivity index (χ3v) is 4.78. The molecule has 0 saturated heterocycles. The van der Waals surface area contributed by atoms with E-state index in [0.717, 1.165) is 21.9 Å². The highest BCUT2D eigenvalue weighted by atomic mass is 35.5. The van der Waals surface area contributed by atoms with E-state index in [2.05, 4.69) is 9.97 Å². The predicted molar refractivity (Wildman–Crippen MR) is 101 cm³/mol. The standard InChI is InChI=1S/C19H12ClN3OS/c20-15-3-1-14(2-4-15)18-16(23-11-12-25-19(23)22-18)5-6-17(24)13-7-9-21-10-8-13/h1-12H/b6-5+. The average Bonchev–Trinajstić information content (AvgIpc) is 3.23. The van der Waals surface area contributed by atoms with Crippen molar-refractivity contribution in [1.82, 2.24) is 14.4 Å². The van der Waals surface area contributed by atoms with Crippen LogP contribution in [0.5, 0.6) is 0 Å². The van der Waals surface area contributed by atoms with Gasteiger partial charge in [0.1, 0.15) is 0 Å². The second-order valence-corrected chi connectivity index (χ2v) is 6.65. The van der Waals surface area contributed by atoms with Crippen LogP contribution in [0.25, 0.3) is 22.3 Å². The molecular weight excluding hydrogens is 354 g/mol. The SMILES string of the molecule is O=C(/C=C/c1c(-c2ccc(Cl)cc2)nc2sccn12)c1ccncc1. The Balaban J connectivity index is 1.76. The van der Waals surface area contributed by atoms with Gasteiger partial charge < -0.3 is 0 Å². The van der Waals surface area contributed by atoms with Gasteiger partial charge >= 0.3 is 0 Å². The second-order valence-electron chi connectivity index (χ2n) is 5.34. The Labute approximate surface area is 153 Å². The molecule has 3 heterocycles. The Kier molecular flexibility index (Phi) is 4.17. The Hall–Kier alpha value is -2.76. The fourth-order valence-corrected chi connectivity index (χ4v) is 3.40. The molecule has 25 heavy (non-hydrogen) atoms. The van der Waals surface area contributed by atoms with Gasteiger partial charge in [0.25, 0.3) is 0 Å². The zero-order valence-electron chi connectivity index (χ0n) is 13.0. The number of carbonyl (C=O) groups is 1. The molecule has 0 unspecified atom stereocenters. The normalized spacial score (nSPS) is 11.4. The van der Waals surface area contributed by atoms with Crippen molar-refractivity contribution in [2.24, 2.45) is 0 Å². The zero-order valence-corrected chi connectivity index (χ0v) is 14.5. The number of ketones is 1. The summed E-state index contributed by atoms with van der Waals surface area (Å²) in [6, 6.07) is 10.9. The lowest BCUT2D eigenvalue weighted by Gasteiger charge is -2.01. The Bertz CT molecular complexity index is 1070. The molecule has 0 aliphatic carbocycles. The van der Waals surface area contributed by atoms with E-state index < -0.39 is 0 Å². The van der Waals surface area contributed by atoms with Crippen LogP contribution in [0, 0.1) is 0 Å². The van der Waals surface area contributed by atoms with Crippen molar-refractivity contribution in [1.29, 1.82) is 0 Å². The highest BCUT2D eigenvalue weighted by Gasteiger charge is 2.13. The summed E-state index contributed by atoms with van der Waals surface area (Å²) in [6.07, 6.45) is 8.53. The molecule has 122 valence electrons. The smallest absolute Gasteiger partial charge is 0.194 e. The minimum absolute atomic E-state index is 0.0744. The first-order valence-corrected chi connectivity index (χ1v) is 8.82. The van der Waals surface area contributed by atoms with E-state index in [9.17, 15) is 4.79 Å². The van der Waals surface area contributed by atoms with Crippen molar-refractivity contribution in [3.8, 4) is 11.3 Å². The van der Waals surface area contributed by atoms with Crippen LogP contribution in [0.4, 0.5) is 0 Å². The minimum Gasteiger partial charge on any atom is -0.290 e. The van der Waals surface area contributed by atoms with Crippen molar-refractivity contribution in [2.45, 2.75) is 0 Å². The highest BCUT2D eigenvalue weighted by molar-refractivity contribution is 7.15. The van der Waals surface area contributed by atoms with E-state index in [1.54, 1.807) is 48.0 Å². The Morgan fingerprint density at radius 3 is 2.64 bits per heavy atom. The molecule has 3 aromatic heterocycles. The summed E-state index contributed by atoms with van der Waals surface area (Å²) >= 11 is 7.53. The number of hydrogen-bond donors (Lipinski definition) is 0. The van der Waals surface area contributed by atoms with E-state index >= 15 is 0 Å². The van der Waals surface area contributed by atoms with Crippen LogP contribution < -0.4 is 0 Å².